The third-order valence-electron chi connectivity index (χ3n) is 6.04. The molecule has 1 aliphatic carbocycles. The Morgan fingerprint density at radius 1 is 0.447 bits per heavy atom. The Bertz CT molecular complexity index is 1250. The van der Waals surface area contributed by atoms with Crippen molar-refractivity contribution in [3.63, 3.8) is 0 Å². The Hall–Kier alpha value is -4.98. The molecule has 0 radical (unpaired) electrons. The van der Waals surface area contributed by atoms with Gasteiger partial charge in [0, 0.05) is 36.9 Å². The zero-order chi connectivity index (χ0) is 26.2. The van der Waals surface area contributed by atoms with Crippen molar-refractivity contribution in [2.75, 3.05) is 0 Å². The van der Waals surface area contributed by atoms with E-state index in [1.165, 1.54) is 12.2 Å². The van der Waals surface area contributed by atoms with Gasteiger partial charge in [-0.3, -0.25) is 29.5 Å². The van der Waals surface area contributed by atoms with Crippen molar-refractivity contribution in [3.8, 4) is 0 Å². The van der Waals surface area contributed by atoms with Crippen molar-refractivity contribution >= 4 is 11.6 Å². The summed E-state index contributed by atoms with van der Waals surface area (Å²) in [5.41, 5.74) is 3.76. The van der Waals surface area contributed by atoms with Gasteiger partial charge in [0.1, 0.15) is 0 Å². The molecule has 8 heteroatoms. The fourth-order valence-corrected chi connectivity index (χ4v) is 4.23. The van der Waals surface area contributed by atoms with Gasteiger partial charge in [-0.2, -0.15) is 0 Å². The fraction of sp³-hybridized carbons (Fsp3) is 0.133. The maximum atomic E-state index is 13.5. The maximum Gasteiger partial charge on any atom is 0.204 e. The molecule has 0 atom stereocenters. The van der Waals surface area contributed by atoms with E-state index in [1.54, 1.807) is 24.8 Å². The van der Waals surface area contributed by atoms with Crippen LogP contribution in [0.15, 0.2) is 121 Å². The van der Waals surface area contributed by atoms with Gasteiger partial charge in [-0.25, -0.2) is 0 Å². The topological polar surface area (TPSA) is 92.2 Å². The minimum absolute atomic E-state index is 0.251. The summed E-state index contributed by atoms with van der Waals surface area (Å²) < 4.78 is 0. The van der Waals surface area contributed by atoms with Gasteiger partial charge in [-0.1, -0.05) is 24.3 Å². The highest BCUT2D eigenvalue weighted by atomic mass is 16.1. The largest absolute Gasteiger partial charge is 0.356 e. The zero-order valence-electron chi connectivity index (χ0n) is 20.7. The van der Waals surface area contributed by atoms with Gasteiger partial charge in [0.15, 0.2) is 0 Å². The number of carbonyl (C=O) groups excluding carboxylic acids is 2. The summed E-state index contributed by atoms with van der Waals surface area (Å²) in [7, 11) is 0. The van der Waals surface area contributed by atoms with Gasteiger partial charge >= 0.3 is 0 Å². The highest BCUT2D eigenvalue weighted by Gasteiger charge is 2.28. The van der Waals surface area contributed by atoms with Crippen molar-refractivity contribution in [2.24, 2.45) is 0 Å². The van der Waals surface area contributed by atoms with Crippen LogP contribution in [0.2, 0.25) is 0 Å². The molecule has 0 aromatic carbocycles. The average molecular weight is 503 g/mol. The number of hydrogen-bond acceptors (Lipinski definition) is 8. The number of pyridine rings is 4. The summed E-state index contributed by atoms with van der Waals surface area (Å²) in [6.45, 7) is 1.43. The second-order valence-electron chi connectivity index (χ2n) is 8.78. The van der Waals surface area contributed by atoms with E-state index in [9.17, 15) is 9.59 Å². The Kier molecular flexibility index (Phi) is 7.69. The van der Waals surface area contributed by atoms with E-state index in [4.69, 9.17) is 0 Å². The number of carbonyl (C=O) groups is 2. The summed E-state index contributed by atoms with van der Waals surface area (Å²) in [4.78, 5) is 48.4. The van der Waals surface area contributed by atoms with Gasteiger partial charge in [0.2, 0.25) is 11.6 Å². The van der Waals surface area contributed by atoms with E-state index in [1.807, 2.05) is 82.6 Å². The predicted molar refractivity (Wildman–Crippen MR) is 142 cm³/mol. The van der Waals surface area contributed by atoms with E-state index in [-0.39, 0.29) is 11.6 Å². The number of hydrogen-bond donors (Lipinski definition) is 0. The van der Waals surface area contributed by atoms with Crippen LogP contribution in [0.5, 0.6) is 0 Å². The quantitative estimate of drug-likeness (QED) is 0.302. The van der Waals surface area contributed by atoms with Crippen LogP contribution in [0.4, 0.5) is 0 Å². The van der Waals surface area contributed by atoms with Crippen molar-refractivity contribution < 1.29 is 9.59 Å². The Morgan fingerprint density at radius 3 is 0.974 bits per heavy atom. The van der Waals surface area contributed by atoms with Crippen molar-refractivity contribution in [1.29, 1.82) is 0 Å². The Morgan fingerprint density at radius 2 is 0.737 bits per heavy atom. The third-order valence-corrected chi connectivity index (χ3v) is 6.04. The normalized spacial score (nSPS) is 13.1. The molecule has 0 aliphatic heterocycles. The second-order valence-corrected chi connectivity index (χ2v) is 8.78. The van der Waals surface area contributed by atoms with Crippen LogP contribution in [0, 0.1) is 0 Å². The molecule has 4 heterocycles. The van der Waals surface area contributed by atoms with Gasteiger partial charge in [-0.05, 0) is 48.5 Å². The molecule has 0 spiro atoms. The molecule has 8 nitrogen and oxygen atoms in total. The smallest absolute Gasteiger partial charge is 0.204 e. The zero-order valence-corrected chi connectivity index (χ0v) is 20.7. The van der Waals surface area contributed by atoms with Gasteiger partial charge in [0.25, 0.3) is 0 Å². The van der Waals surface area contributed by atoms with Crippen LogP contribution in [0.25, 0.3) is 0 Å². The molecule has 0 saturated heterocycles. The molecule has 4 aromatic rings. The molecule has 188 valence electrons. The molecular formula is C30H26N6O2. The molecule has 5 rings (SSSR count). The molecule has 0 unspecified atom stereocenters. The number of allylic oxidation sites excluding steroid dienone is 2. The lowest BCUT2D eigenvalue weighted by molar-refractivity contribution is -0.117. The molecule has 38 heavy (non-hydrogen) atoms. The minimum atomic E-state index is -0.251. The predicted octanol–water partition coefficient (Wildman–Crippen LogP) is 3.89. The van der Waals surface area contributed by atoms with Crippen LogP contribution in [0.1, 0.15) is 22.8 Å². The lowest BCUT2D eigenvalue weighted by Gasteiger charge is -2.30. The number of aromatic nitrogens is 4. The molecule has 0 fully saturated rings. The highest BCUT2D eigenvalue weighted by molar-refractivity contribution is 6.19. The van der Waals surface area contributed by atoms with Crippen LogP contribution < -0.4 is 0 Å². The summed E-state index contributed by atoms with van der Waals surface area (Å²) >= 11 is 0. The Balaban J connectivity index is 1.44. The van der Waals surface area contributed by atoms with E-state index >= 15 is 0 Å². The lowest BCUT2D eigenvalue weighted by Crippen LogP contribution is -2.34. The standard InChI is InChI=1S/C30H26N6O2/c37-29-18-28(36(21-25-11-3-7-15-33-25)22-26-12-4-8-16-34-26)30(38)17-27(29)35(19-23-9-1-5-13-31-23)20-24-10-2-6-14-32-24/h1-18H,19-22H2. The second kappa shape index (κ2) is 11.8. The lowest BCUT2D eigenvalue weighted by atomic mass is 10.0. The fourth-order valence-electron chi connectivity index (χ4n) is 4.23. The van der Waals surface area contributed by atoms with E-state index in [0.29, 0.717) is 37.6 Å². The highest BCUT2D eigenvalue weighted by Crippen LogP contribution is 2.24. The maximum absolute atomic E-state index is 13.5. The van der Waals surface area contributed by atoms with Crippen LogP contribution in [-0.2, 0) is 35.8 Å². The van der Waals surface area contributed by atoms with E-state index < -0.39 is 0 Å². The van der Waals surface area contributed by atoms with Crippen molar-refractivity contribution in [2.45, 2.75) is 26.2 Å². The van der Waals surface area contributed by atoms with Gasteiger partial charge in [-0.15, -0.1) is 0 Å². The number of ketones is 2. The third kappa shape index (κ3) is 6.22. The molecule has 1 aliphatic rings. The minimum Gasteiger partial charge on any atom is -0.356 e. The van der Waals surface area contributed by atoms with Crippen LogP contribution in [0.3, 0.4) is 0 Å². The summed E-state index contributed by atoms with van der Waals surface area (Å²) in [5.74, 6) is -0.503. The van der Waals surface area contributed by atoms with Crippen molar-refractivity contribution in [3.05, 3.63) is 144 Å². The molecule has 0 saturated carbocycles. The van der Waals surface area contributed by atoms with Crippen LogP contribution in [-0.4, -0.2) is 41.3 Å². The Labute approximate surface area is 221 Å². The number of nitrogens with zero attached hydrogens (tertiary/aromatic N) is 6. The SMILES string of the molecule is O=C1C=C(N(Cc2ccccn2)Cc2ccccn2)C(=O)C=C1N(Cc1ccccn1)Cc1ccccn1. The van der Waals surface area contributed by atoms with Gasteiger partial charge < -0.3 is 9.80 Å². The molecule has 0 bridgehead atoms. The molecule has 0 N–H and O–H groups in total. The first-order valence-corrected chi connectivity index (χ1v) is 12.3. The number of rotatable bonds is 10. The van der Waals surface area contributed by atoms with E-state index in [2.05, 4.69) is 19.9 Å². The molecule has 0 amide bonds. The molecular weight excluding hydrogens is 476 g/mol. The first kappa shape index (κ1) is 24.7. The summed E-state index contributed by atoms with van der Waals surface area (Å²) in [5, 5.41) is 0. The van der Waals surface area contributed by atoms with Gasteiger partial charge in [0.05, 0.1) is 60.3 Å². The summed E-state index contributed by atoms with van der Waals surface area (Å²) in [6.07, 6.45) is 9.69. The molecule has 4 aromatic heterocycles. The average Bonchev–Trinajstić information content (AvgIpc) is 2.96. The van der Waals surface area contributed by atoms with Crippen LogP contribution >= 0.6 is 0 Å². The van der Waals surface area contributed by atoms with Crippen molar-refractivity contribution in [1.82, 2.24) is 29.7 Å². The monoisotopic (exact) mass is 502 g/mol. The summed E-state index contributed by atoms with van der Waals surface area (Å²) in [6, 6.07) is 22.5. The van der Waals surface area contributed by atoms with E-state index in [0.717, 1.165) is 22.8 Å². The first-order chi connectivity index (χ1) is 18.7. The first-order valence-electron chi connectivity index (χ1n) is 12.3.